The molecule has 3 aromatic rings. The number of hydrogen-bond donors (Lipinski definition) is 1. The Morgan fingerprint density at radius 1 is 1.05 bits per heavy atom. The van der Waals surface area contributed by atoms with Gasteiger partial charge in [-0.3, -0.25) is 14.5 Å². The number of amides is 2. The van der Waals surface area contributed by atoms with Gasteiger partial charge in [0.1, 0.15) is 0 Å². The normalized spacial score (nSPS) is 18.9. The van der Waals surface area contributed by atoms with Gasteiger partial charge >= 0.3 is 0 Å². The van der Waals surface area contributed by atoms with Crippen LogP contribution in [0.5, 0.6) is 0 Å². The minimum absolute atomic E-state index is 0.0102. The minimum Gasteiger partial charge on any atom is -0.351 e. The lowest BCUT2D eigenvalue weighted by atomic mass is 10.0. The van der Waals surface area contributed by atoms with E-state index >= 15 is 0 Å². The number of nitrogens with one attached hydrogen (secondary N) is 1. The summed E-state index contributed by atoms with van der Waals surface area (Å²) in [6.45, 7) is 7.50. The van der Waals surface area contributed by atoms with E-state index < -0.39 is 0 Å². The van der Waals surface area contributed by atoms with Crippen molar-refractivity contribution in [2.45, 2.75) is 50.6 Å². The number of para-hydroxylation sites is 1. The maximum absolute atomic E-state index is 13.6. The molecule has 2 aliphatic rings. The van der Waals surface area contributed by atoms with Crippen molar-refractivity contribution < 1.29 is 9.59 Å². The maximum atomic E-state index is 13.6. The van der Waals surface area contributed by atoms with E-state index in [-0.39, 0.29) is 11.8 Å². The first-order chi connectivity index (χ1) is 18.5. The van der Waals surface area contributed by atoms with E-state index in [4.69, 9.17) is 0 Å². The molecule has 3 aromatic carbocycles. The summed E-state index contributed by atoms with van der Waals surface area (Å²) in [4.78, 5) is 32.3. The molecule has 2 aliphatic heterocycles. The zero-order valence-electron chi connectivity index (χ0n) is 22.2. The van der Waals surface area contributed by atoms with Gasteiger partial charge in [-0.2, -0.15) is 0 Å². The number of carbonyl (C=O) groups excluding carboxylic acids is 2. The molecule has 6 heteroatoms. The third-order valence-electron chi connectivity index (χ3n) is 7.35. The second-order valence-electron chi connectivity index (χ2n) is 10.2. The topological polar surface area (TPSA) is 52.7 Å². The van der Waals surface area contributed by atoms with Crippen LogP contribution < -0.4 is 10.2 Å². The highest BCUT2D eigenvalue weighted by Gasteiger charge is 2.29. The van der Waals surface area contributed by atoms with Crippen LogP contribution in [0.1, 0.15) is 53.2 Å². The number of likely N-dealkylation sites (tertiary alicyclic amines) is 1. The molecule has 0 bridgehead atoms. The van der Waals surface area contributed by atoms with Crippen LogP contribution in [0.25, 0.3) is 6.08 Å². The summed E-state index contributed by atoms with van der Waals surface area (Å²) >= 11 is 1.50. The van der Waals surface area contributed by atoms with E-state index in [0.717, 1.165) is 34.8 Å². The average Bonchev–Trinajstić information content (AvgIpc) is 2.92. The van der Waals surface area contributed by atoms with E-state index in [9.17, 15) is 9.59 Å². The van der Waals surface area contributed by atoms with Crippen molar-refractivity contribution in [2.24, 2.45) is 0 Å². The molecule has 0 aromatic heterocycles. The third kappa shape index (κ3) is 6.20. The average molecular weight is 526 g/mol. The molecule has 2 heterocycles. The molecule has 1 N–H and O–H groups in total. The quantitative estimate of drug-likeness (QED) is 0.369. The van der Waals surface area contributed by atoms with Gasteiger partial charge in [0, 0.05) is 29.6 Å². The Kier molecular flexibility index (Phi) is 8.30. The Hall–Kier alpha value is -3.35. The van der Waals surface area contributed by atoms with Gasteiger partial charge in [0.15, 0.2) is 0 Å². The Morgan fingerprint density at radius 3 is 2.66 bits per heavy atom. The molecule has 0 radical (unpaired) electrons. The Morgan fingerprint density at radius 2 is 1.87 bits per heavy atom. The van der Waals surface area contributed by atoms with Crippen molar-refractivity contribution in [3.05, 3.63) is 100.0 Å². The van der Waals surface area contributed by atoms with E-state index in [1.165, 1.54) is 36.6 Å². The molecular formula is C32H35N3O2S. The fraction of sp³-hybridized carbons (Fsp3) is 0.312. The first-order valence-corrected chi connectivity index (χ1v) is 14.3. The molecule has 2 amide bonds. The van der Waals surface area contributed by atoms with Crippen LogP contribution >= 0.6 is 11.8 Å². The van der Waals surface area contributed by atoms with Crippen molar-refractivity contribution in [3.8, 4) is 0 Å². The highest BCUT2D eigenvalue weighted by Crippen LogP contribution is 2.42. The van der Waals surface area contributed by atoms with Gasteiger partial charge in [0.05, 0.1) is 17.1 Å². The van der Waals surface area contributed by atoms with Crippen LogP contribution in [0, 0.1) is 6.92 Å². The summed E-state index contributed by atoms with van der Waals surface area (Å²) in [5.74, 6) is -0.0702. The van der Waals surface area contributed by atoms with Crippen molar-refractivity contribution in [1.29, 1.82) is 0 Å². The molecule has 1 atom stereocenters. The van der Waals surface area contributed by atoms with Crippen LogP contribution in [0.3, 0.4) is 0 Å². The Bertz CT molecular complexity index is 1330. The molecule has 196 valence electrons. The van der Waals surface area contributed by atoms with E-state index in [0.29, 0.717) is 29.6 Å². The second kappa shape index (κ2) is 12.0. The summed E-state index contributed by atoms with van der Waals surface area (Å²) in [6, 6.07) is 24.4. The highest BCUT2D eigenvalue weighted by molar-refractivity contribution is 8.04. The highest BCUT2D eigenvalue weighted by atomic mass is 32.2. The first-order valence-electron chi connectivity index (χ1n) is 13.5. The standard InChI is InChI=1S/C32H35N3O2S/c1-23-8-7-10-26(20-23)22-35-28-11-3-4-12-29(28)38-30(32(35)37)21-25-13-15-27(16-14-25)31(36)33-17-19-34-18-6-5-9-24(34)2/h3-4,7-8,10-16,20-21,24H,5-6,9,17-19,22H2,1-2H3,(H,33,36)/b30-21+/t24-/m0/s1. The fourth-order valence-electron chi connectivity index (χ4n) is 5.20. The second-order valence-corrected chi connectivity index (χ2v) is 11.3. The first kappa shape index (κ1) is 26.3. The van der Waals surface area contributed by atoms with Crippen LogP contribution in [-0.4, -0.2) is 42.4 Å². The van der Waals surface area contributed by atoms with E-state index in [2.05, 4.69) is 48.3 Å². The van der Waals surface area contributed by atoms with Gasteiger partial charge in [0.2, 0.25) is 0 Å². The van der Waals surface area contributed by atoms with Crippen LogP contribution in [0.2, 0.25) is 0 Å². The third-order valence-corrected chi connectivity index (χ3v) is 8.43. The number of benzene rings is 3. The van der Waals surface area contributed by atoms with Gasteiger partial charge in [-0.15, -0.1) is 0 Å². The fourth-order valence-corrected chi connectivity index (χ4v) is 6.26. The molecule has 5 nitrogen and oxygen atoms in total. The summed E-state index contributed by atoms with van der Waals surface area (Å²) in [5, 5.41) is 3.06. The monoisotopic (exact) mass is 525 g/mol. The summed E-state index contributed by atoms with van der Waals surface area (Å²) < 4.78 is 0. The zero-order chi connectivity index (χ0) is 26.5. The van der Waals surface area contributed by atoms with Gasteiger partial charge < -0.3 is 10.2 Å². The zero-order valence-corrected chi connectivity index (χ0v) is 23.0. The van der Waals surface area contributed by atoms with Gasteiger partial charge in [-0.05, 0) is 74.7 Å². The molecular weight excluding hydrogens is 490 g/mol. The van der Waals surface area contributed by atoms with Gasteiger partial charge in [-0.1, -0.05) is 72.3 Å². The number of nitrogens with zero attached hydrogens (tertiary/aromatic N) is 2. The summed E-state index contributed by atoms with van der Waals surface area (Å²) in [5.41, 5.74) is 4.74. The molecule has 5 rings (SSSR count). The van der Waals surface area contributed by atoms with Crippen molar-refractivity contribution >= 4 is 35.3 Å². The number of rotatable bonds is 7. The minimum atomic E-state index is -0.0600. The smallest absolute Gasteiger partial charge is 0.265 e. The number of anilines is 1. The van der Waals surface area contributed by atoms with Crippen molar-refractivity contribution in [2.75, 3.05) is 24.5 Å². The maximum Gasteiger partial charge on any atom is 0.265 e. The Balaban J connectivity index is 1.27. The number of fused-ring (bicyclic) bond motifs is 1. The number of hydrogen-bond acceptors (Lipinski definition) is 4. The number of thioether (sulfide) groups is 1. The van der Waals surface area contributed by atoms with E-state index in [1.54, 1.807) is 0 Å². The van der Waals surface area contributed by atoms with Gasteiger partial charge in [-0.25, -0.2) is 0 Å². The largest absolute Gasteiger partial charge is 0.351 e. The van der Waals surface area contributed by atoms with Crippen LogP contribution in [-0.2, 0) is 11.3 Å². The predicted molar refractivity (Wildman–Crippen MR) is 156 cm³/mol. The van der Waals surface area contributed by atoms with Crippen LogP contribution in [0.15, 0.2) is 82.6 Å². The summed E-state index contributed by atoms with van der Waals surface area (Å²) in [6.07, 6.45) is 5.70. The number of piperidine rings is 1. The predicted octanol–water partition coefficient (Wildman–Crippen LogP) is 6.28. The molecule has 38 heavy (non-hydrogen) atoms. The van der Waals surface area contributed by atoms with E-state index in [1.807, 2.05) is 59.5 Å². The number of aryl methyl sites for hydroxylation is 1. The molecule has 1 saturated heterocycles. The number of carbonyl (C=O) groups is 2. The lowest BCUT2D eigenvalue weighted by Crippen LogP contribution is -2.42. The molecule has 1 fully saturated rings. The molecule has 0 aliphatic carbocycles. The summed E-state index contributed by atoms with van der Waals surface area (Å²) in [7, 11) is 0. The van der Waals surface area contributed by atoms with Crippen molar-refractivity contribution in [3.63, 3.8) is 0 Å². The van der Waals surface area contributed by atoms with Gasteiger partial charge in [0.25, 0.3) is 11.8 Å². The SMILES string of the molecule is Cc1cccc(CN2C(=O)/C(=C\c3ccc(C(=O)NCCN4CCCC[C@@H]4C)cc3)Sc3ccccc32)c1. The van der Waals surface area contributed by atoms with Crippen molar-refractivity contribution in [1.82, 2.24) is 10.2 Å². The lowest BCUT2D eigenvalue weighted by Gasteiger charge is -2.33. The Labute approximate surface area is 229 Å². The molecule has 0 saturated carbocycles. The van der Waals surface area contributed by atoms with Crippen LogP contribution in [0.4, 0.5) is 5.69 Å². The lowest BCUT2D eigenvalue weighted by molar-refractivity contribution is -0.114. The molecule has 0 unspecified atom stereocenters. The molecule has 0 spiro atoms.